The molecule has 0 aromatic heterocycles. The summed E-state index contributed by atoms with van der Waals surface area (Å²) in [4.78, 5) is 39.4. The van der Waals surface area contributed by atoms with Gasteiger partial charge in [-0.05, 0) is 59.3 Å². The molecule has 1 heterocycles. The SMILES string of the molecule is N#Cc1ccc(-c2ccc(OC(=O)CCCN3C(=O)c4cccc5cccc(c45)C3=O)cc2)cc1. The first-order chi connectivity index (χ1) is 17.0. The minimum absolute atomic E-state index is 0.0697. The highest BCUT2D eigenvalue weighted by Gasteiger charge is 2.32. The van der Waals surface area contributed by atoms with E-state index in [9.17, 15) is 14.4 Å². The molecule has 170 valence electrons. The van der Waals surface area contributed by atoms with Gasteiger partial charge in [0.15, 0.2) is 0 Å². The third-order valence-corrected chi connectivity index (χ3v) is 6.05. The molecule has 5 rings (SSSR count). The number of ether oxygens (including phenoxy) is 1. The van der Waals surface area contributed by atoms with Crippen LogP contribution in [0.3, 0.4) is 0 Å². The zero-order valence-electron chi connectivity index (χ0n) is 18.7. The summed E-state index contributed by atoms with van der Waals surface area (Å²) in [5, 5.41) is 10.5. The quantitative estimate of drug-likeness (QED) is 0.220. The first-order valence-corrected chi connectivity index (χ1v) is 11.2. The molecule has 0 atom stereocenters. The number of carbonyl (C=O) groups is 3. The second kappa shape index (κ2) is 9.24. The van der Waals surface area contributed by atoms with Crippen molar-refractivity contribution in [2.24, 2.45) is 0 Å². The molecule has 0 spiro atoms. The van der Waals surface area contributed by atoms with Crippen LogP contribution < -0.4 is 4.74 Å². The van der Waals surface area contributed by atoms with Gasteiger partial charge in [-0.15, -0.1) is 0 Å². The Morgan fingerprint density at radius 3 is 1.94 bits per heavy atom. The van der Waals surface area contributed by atoms with E-state index in [-0.39, 0.29) is 24.8 Å². The molecular weight excluding hydrogens is 440 g/mol. The first-order valence-electron chi connectivity index (χ1n) is 11.2. The zero-order chi connectivity index (χ0) is 24.4. The van der Waals surface area contributed by atoms with Crippen LogP contribution in [0.15, 0.2) is 84.9 Å². The lowest BCUT2D eigenvalue weighted by molar-refractivity contribution is -0.134. The predicted molar refractivity (Wildman–Crippen MR) is 131 cm³/mol. The first kappa shape index (κ1) is 22.1. The van der Waals surface area contributed by atoms with Crippen LogP contribution in [-0.2, 0) is 4.79 Å². The molecule has 0 fully saturated rings. The molecule has 0 radical (unpaired) electrons. The van der Waals surface area contributed by atoms with Crippen LogP contribution in [0.4, 0.5) is 0 Å². The number of amides is 2. The molecule has 35 heavy (non-hydrogen) atoms. The molecule has 0 bridgehead atoms. The fourth-order valence-corrected chi connectivity index (χ4v) is 4.30. The highest BCUT2D eigenvalue weighted by atomic mass is 16.5. The number of esters is 1. The van der Waals surface area contributed by atoms with Crippen molar-refractivity contribution < 1.29 is 19.1 Å². The lowest BCUT2D eigenvalue weighted by Crippen LogP contribution is -2.41. The van der Waals surface area contributed by atoms with Gasteiger partial charge < -0.3 is 4.74 Å². The van der Waals surface area contributed by atoms with Gasteiger partial charge in [-0.1, -0.05) is 48.5 Å². The number of hydrogen-bond donors (Lipinski definition) is 0. The van der Waals surface area contributed by atoms with Gasteiger partial charge in [0, 0.05) is 29.5 Å². The van der Waals surface area contributed by atoms with E-state index in [0.717, 1.165) is 16.5 Å². The maximum Gasteiger partial charge on any atom is 0.311 e. The topological polar surface area (TPSA) is 87.5 Å². The lowest BCUT2D eigenvalue weighted by Gasteiger charge is -2.27. The maximum absolute atomic E-state index is 12.9. The normalized spacial score (nSPS) is 12.5. The van der Waals surface area contributed by atoms with Crippen molar-refractivity contribution in [2.75, 3.05) is 6.54 Å². The molecule has 0 saturated heterocycles. The van der Waals surface area contributed by atoms with Crippen LogP contribution in [0, 0.1) is 11.3 Å². The second-order valence-electron chi connectivity index (χ2n) is 8.26. The average Bonchev–Trinajstić information content (AvgIpc) is 2.89. The summed E-state index contributed by atoms with van der Waals surface area (Å²) in [7, 11) is 0. The fraction of sp³-hybridized carbons (Fsp3) is 0.103. The Morgan fingerprint density at radius 1 is 0.800 bits per heavy atom. The number of carbonyl (C=O) groups excluding carboxylic acids is 3. The van der Waals surface area contributed by atoms with E-state index in [1.807, 2.05) is 36.4 Å². The van der Waals surface area contributed by atoms with Crippen molar-refractivity contribution in [3.8, 4) is 22.9 Å². The van der Waals surface area contributed by atoms with E-state index >= 15 is 0 Å². The average molecular weight is 460 g/mol. The van der Waals surface area contributed by atoms with E-state index in [0.29, 0.717) is 34.2 Å². The Kier molecular flexibility index (Phi) is 5.82. The number of nitriles is 1. The molecular formula is C29H20N2O4. The van der Waals surface area contributed by atoms with E-state index < -0.39 is 5.97 Å². The van der Waals surface area contributed by atoms with Crippen LogP contribution in [-0.4, -0.2) is 29.2 Å². The van der Waals surface area contributed by atoms with Crippen molar-refractivity contribution in [1.29, 1.82) is 5.26 Å². The number of rotatable bonds is 6. The van der Waals surface area contributed by atoms with Gasteiger partial charge >= 0.3 is 5.97 Å². The van der Waals surface area contributed by atoms with Gasteiger partial charge in [0.1, 0.15) is 5.75 Å². The van der Waals surface area contributed by atoms with Gasteiger partial charge in [-0.25, -0.2) is 0 Å². The van der Waals surface area contributed by atoms with Crippen molar-refractivity contribution in [3.05, 3.63) is 102 Å². The van der Waals surface area contributed by atoms with Crippen molar-refractivity contribution in [3.63, 3.8) is 0 Å². The Morgan fingerprint density at radius 2 is 1.37 bits per heavy atom. The van der Waals surface area contributed by atoms with Crippen molar-refractivity contribution in [2.45, 2.75) is 12.8 Å². The third kappa shape index (κ3) is 4.28. The monoisotopic (exact) mass is 460 g/mol. The molecule has 2 amide bonds. The van der Waals surface area contributed by atoms with Crippen LogP contribution in [0.5, 0.6) is 5.75 Å². The standard InChI is InChI=1S/C29H20N2O4/c30-18-19-9-11-20(12-10-19)21-13-15-23(16-14-21)35-26(32)8-3-17-31-28(33)24-6-1-4-22-5-2-7-25(27(22)24)29(31)34/h1-2,4-7,9-16H,3,8,17H2. The Bertz CT molecular complexity index is 1450. The molecule has 6 nitrogen and oxygen atoms in total. The van der Waals surface area contributed by atoms with E-state index in [2.05, 4.69) is 6.07 Å². The van der Waals surface area contributed by atoms with Crippen molar-refractivity contribution >= 4 is 28.6 Å². The molecule has 1 aliphatic heterocycles. The maximum atomic E-state index is 12.9. The summed E-state index contributed by atoms with van der Waals surface area (Å²) in [5.74, 6) is -0.703. The summed E-state index contributed by atoms with van der Waals surface area (Å²) < 4.78 is 5.42. The molecule has 4 aromatic rings. The van der Waals surface area contributed by atoms with E-state index in [1.165, 1.54) is 4.90 Å². The number of hydrogen-bond acceptors (Lipinski definition) is 5. The Labute approximate surface area is 202 Å². The third-order valence-electron chi connectivity index (χ3n) is 6.05. The number of imide groups is 1. The van der Waals surface area contributed by atoms with Crippen LogP contribution in [0.1, 0.15) is 39.1 Å². The molecule has 1 aliphatic rings. The smallest absolute Gasteiger partial charge is 0.311 e. The van der Waals surface area contributed by atoms with Gasteiger partial charge in [0.05, 0.1) is 11.6 Å². The number of nitrogens with zero attached hydrogens (tertiary/aromatic N) is 2. The summed E-state index contributed by atoms with van der Waals surface area (Å²) in [5.41, 5.74) is 3.49. The molecule has 4 aromatic carbocycles. The molecule has 0 saturated carbocycles. The van der Waals surface area contributed by atoms with Crippen LogP contribution >= 0.6 is 0 Å². The van der Waals surface area contributed by atoms with E-state index in [1.54, 1.807) is 48.5 Å². The summed E-state index contributed by atoms with van der Waals surface area (Å²) >= 11 is 0. The van der Waals surface area contributed by atoms with Gasteiger partial charge in [0.25, 0.3) is 11.8 Å². The lowest BCUT2D eigenvalue weighted by atomic mass is 9.94. The van der Waals surface area contributed by atoms with Crippen molar-refractivity contribution in [1.82, 2.24) is 4.90 Å². The van der Waals surface area contributed by atoms with E-state index in [4.69, 9.17) is 10.00 Å². The van der Waals surface area contributed by atoms with Gasteiger partial charge in [-0.2, -0.15) is 5.26 Å². The minimum atomic E-state index is -0.435. The van der Waals surface area contributed by atoms with Gasteiger partial charge in [0.2, 0.25) is 0 Å². The molecule has 6 heteroatoms. The number of benzene rings is 4. The molecule has 0 N–H and O–H groups in total. The highest BCUT2D eigenvalue weighted by molar-refractivity contribution is 6.25. The summed E-state index contributed by atoms with van der Waals surface area (Å²) in [6.07, 6.45) is 0.373. The highest BCUT2D eigenvalue weighted by Crippen LogP contribution is 2.30. The zero-order valence-corrected chi connectivity index (χ0v) is 18.7. The molecule has 0 aliphatic carbocycles. The largest absolute Gasteiger partial charge is 0.427 e. The minimum Gasteiger partial charge on any atom is -0.427 e. The summed E-state index contributed by atoms with van der Waals surface area (Å²) in [6.45, 7) is 0.134. The Balaban J connectivity index is 1.19. The van der Waals surface area contributed by atoms with Crippen LogP contribution in [0.2, 0.25) is 0 Å². The molecule has 0 unspecified atom stereocenters. The predicted octanol–water partition coefficient (Wildman–Crippen LogP) is 5.36. The van der Waals surface area contributed by atoms with Crippen LogP contribution in [0.25, 0.3) is 21.9 Å². The Hall–Kier alpha value is -4.76. The van der Waals surface area contributed by atoms with Gasteiger partial charge in [-0.3, -0.25) is 19.3 Å². The fourth-order valence-electron chi connectivity index (χ4n) is 4.30. The second-order valence-corrected chi connectivity index (χ2v) is 8.26. The summed E-state index contributed by atoms with van der Waals surface area (Å²) in [6, 6.07) is 27.2.